The maximum atomic E-state index is 12.7. The maximum Gasteiger partial charge on any atom is 0.254 e. The van der Waals surface area contributed by atoms with Gasteiger partial charge in [-0.3, -0.25) is 9.59 Å². The van der Waals surface area contributed by atoms with Crippen LogP contribution >= 0.6 is 0 Å². The molecule has 1 saturated heterocycles. The lowest BCUT2D eigenvalue weighted by molar-refractivity contribution is -0.120. The van der Waals surface area contributed by atoms with Crippen molar-refractivity contribution in [2.75, 3.05) is 43.5 Å². The molecule has 3 rings (SSSR count). The zero-order chi connectivity index (χ0) is 17.1. The molecule has 2 amide bonds. The number of benzene rings is 2. The molecule has 0 spiro atoms. The number of para-hydroxylation sites is 1. The molecule has 0 atom stereocenters. The molecule has 0 N–H and O–H groups in total. The van der Waals surface area contributed by atoms with Gasteiger partial charge in [-0.1, -0.05) is 24.3 Å². The average Bonchev–Trinajstić information content (AvgIpc) is 2.62. The third kappa shape index (κ3) is 3.25. The van der Waals surface area contributed by atoms with Gasteiger partial charge in [0.05, 0.1) is 0 Å². The summed E-state index contributed by atoms with van der Waals surface area (Å²) < 4.78 is 0. The topological polar surface area (TPSA) is 43.9 Å². The number of rotatable bonds is 3. The van der Waals surface area contributed by atoms with Crippen LogP contribution in [0.5, 0.6) is 0 Å². The molecule has 1 aliphatic heterocycles. The molecule has 1 heterocycles. The molecule has 124 valence electrons. The van der Waals surface area contributed by atoms with Gasteiger partial charge in [-0.15, -0.1) is 0 Å². The predicted molar refractivity (Wildman–Crippen MR) is 95.5 cm³/mol. The van der Waals surface area contributed by atoms with E-state index in [0.717, 1.165) is 11.4 Å². The number of piperazine rings is 1. The van der Waals surface area contributed by atoms with Crippen LogP contribution in [-0.4, -0.2) is 50.4 Å². The number of nitrogens with zero attached hydrogens (tertiary/aromatic N) is 3. The number of carbonyl (C=O) groups is 2. The Morgan fingerprint density at radius 2 is 1.75 bits per heavy atom. The van der Waals surface area contributed by atoms with E-state index in [1.807, 2.05) is 67.5 Å². The lowest BCUT2D eigenvalue weighted by Gasteiger charge is -2.34. The van der Waals surface area contributed by atoms with Gasteiger partial charge in [0.25, 0.3) is 5.91 Å². The molecule has 0 saturated carbocycles. The highest BCUT2D eigenvalue weighted by molar-refractivity contribution is 6.02. The van der Waals surface area contributed by atoms with Crippen molar-refractivity contribution in [2.45, 2.75) is 0 Å². The quantitative estimate of drug-likeness (QED) is 0.870. The average molecular weight is 323 g/mol. The van der Waals surface area contributed by atoms with Gasteiger partial charge in [0.1, 0.15) is 6.54 Å². The van der Waals surface area contributed by atoms with E-state index in [0.29, 0.717) is 18.7 Å². The molecule has 5 heteroatoms. The molecule has 0 radical (unpaired) electrons. The minimum atomic E-state index is -0.0974. The fourth-order valence-corrected chi connectivity index (χ4v) is 2.83. The van der Waals surface area contributed by atoms with E-state index in [2.05, 4.69) is 0 Å². The lowest BCUT2D eigenvalue weighted by Crippen LogP contribution is -2.52. The number of anilines is 2. The maximum absolute atomic E-state index is 12.7. The Balaban J connectivity index is 1.73. The highest BCUT2D eigenvalue weighted by atomic mass is 16.2. The highest BCUT2D eigenvalue weighted by Crippen LogP contribution is 2.19. The zero-order valence-corrected chi connectivity index (χ0v) is 14.0. The normalized spacial score (nSPS) is 14.7. The standard InChI is InChI=1S/C19H21N3O2/c1-20(2)17-10-6-7-15(13-17)19(24)21-11-12-22(18(23)14-21)16-8-4-3-5-9-16/h3-10,13H,11-12,14H2,1-2H3. The van der Waals surface area contributed by atoms with Crippen molar-refractivity contribution in [2.24, 2.45) is 0 Å². The SMILES string of the molecule is CN(C)c1cccc(C(=O)N2CCN(c3ccccc3)C(=O)C2)c1. The summed E-state index contributed by atoms with van der Waals surface area (Å²) in [6.07, 6.45) is 0. The molecule has 1 fully saturated rings. The zero-order valence-electron chi connectivity index (χ0n) is 14.0. The molecule has 0 bridgehead atoms. The van der Waals surface area contributed by atoms with E-state index in [1.165, 1.54) is 0 Å². The van der Waals surface area contributed by atoms with Gasteiger partial charge < -0.3 is 14.7 Å². The number of carbonyl (C=O) groups excluding carboxylic acids is 2. The summed E-state index contributed by atoms with van der Waals surface area (Å²) in [4.78, 5) is 30.5. The van der Waals surface area contributed by atoms with E-state index < -0.39 is 0 Å². The van der Waals surface area contributed by atoms with Crippen molar-refractivity contribution >= 4 is 23.2 Å². The Morgan fingerprint density at radius 1 is 1.00 bits per heavy atom. The number of hydrogen-bond acceptors (Lipinski definition) is 3. The molecule has 1 aliphatic rings. The van der Waals surface area contributed by atoms with Gasteiger partial charge in [0, 0.05) is 44.1 Å². The van der Waals surface area contributed by atoms with Crippen molar-refractivity contribution in [3.8, 4) is 0 Å². The summed E-state index contributed by atoms with van der Waals surface area (Å²) in [7, 11) is 3.87. The van der Waals surface area contributed by atoms with Crippen LogP contribution in [-0.2, 0) is 4.79 Å². The summed E-state index contributed by atoms with van der Waals surface area (Å²) in [5.41, 5.74) is 2.46. The Morgan fingerprint density at radius 3 is 2.42 bits per heavy atom. The molecular weight excluding hydrogens is 302 g/mol. The first kappa shape index (κ1) is 16.1. The van der Waals surface area contributed by atoms with E-state index in [-0.39, 0.29) is 18.4 Å². The minimum Gasteiger partial charge on any atom is -0.378 e. The monoisotopic (exact) mass is 323 g/mol. The Hall–Kier alpha value is -2.82. The van der Waals surface area contributed by atoms with Crippen LogP contribution in [0, 0.1) is 0 Å². The molecule has 0 unspecified atom stereocenters. The van der Waals surface area contributed by atoms with Gasteiger partial charge in [-0.2, -0.15) is 0 Å². The molecule has 0 aliphatic carbocycles. The minimum absolute atomic E-state index is 0.0513. The van der Waals surface area contributed by atoms with Crippen LogP contribution in [0.2, 0.25) is 0 Å². The van der Waals surface area contributed by atoms with Crippen molar-refractivity contribution in [1.82, 2.24) is 4.90 Å². The van der Waals surface area contributed by atoms with Crippen LogP contribution in [0.3, 0.4) is 0 Å². The lowest BCUT2D eigenvalue weighted by atomic mass is 10.1. The van der Waals surface area contributed by atoms with Crippen LogP contribution in [0.4, 0.5) is 11.4 Å². The molecule has 0 aromatic heterocycles. The summed E-state index contributed by atoms with van der Waals surface area (Å²) in [6.45, 7) is 1.16. The third-order valence-electron chi connectivity index (χ3n) is 4.19. The third-order valence-corrected chi connectivity index (χ3v) is 4.19. The van der Waals surface area contributed by atoms with Crippen LogP contribution in [0.1, 0.15) is 10.4 Å². The molecular formula is C19H21N3O2. The second-order valence-electron chi connectivity index (χ2n) is 6.05. The van der Waals surface area contributed by atoms with E-state index in [9.17, 15) is 9.59 Å². The Labute approximate surface area is 142 Å². The second kappa shape index (κ2) is 6.74. The van der Waals surface area contributed by atoms with Gasteiger partial charge in [0.2, 0.25) is 5.91 Å². The van der Waals surface area contributed by atoms with Gasteiger partial charge in [-0.25, -0.2) is 0 Å². The van der Waals surface area contributed by atoms with Crippen LogP contribution in [0.25, 0.3) is 0 Å². The molecule has 24 heavy (non-hydrogen) atoms. The van der Waals surface area contributed by atoms with Crippen molar-refractivity contribution in [3.63, 3.8) is 0 Å². The second-order valence-corrected chi connectivity index (χ2v) is 6.05. The highest BCUT2D eigenvalue weighted by Gasteiger charge is 2.28. The van der Waals surface area contributed by atoms with Crippen molar-refractivity contribution < 1.29 is 9.59 Å². The smallest absolute Gasteiger partial charge is 0.254 e. The first-order valence-electron chi connectivity index (χ1n) is 7.98. The Bertz CT molecular complexity index is 743. The van der Waals surface area contributed by atoms with Crippen molar-refractivity contribution in [3.05, 3.63) is 60.2 Å². The first-order chi connectivity index (χ1) is 11.6. The fraction of sp³-hybridized carbons (Fsp3) is 0.263. The van der Waals surface area contributed by atoms with E-state index >= 15 is 0 Å². The molecule has 2 aromatic carbocycles. The van der Waals surface area contributed by atoms with Crippen LogP contribution in [0.15, 0.2) is 54.6 Å². The predicted octanol–water partition coefficient (Wildman–Crippen LogP) is 2.24. The Kier molecular flexibility index (Phi) is 4.51. The number of hydrogen-bond donors (Lipinski definition) is 0. The van der Waals surface area contributed by atoms with Gasteiger partial charge in [-0.05, 0) is 30.3 Å². The van der Waals surface area contributed by atoms with Crippen LogP contribution < -0.4 is 9.80 Å². The first-order valence-corrected chi connectivity index (χ1v) is 7.98. The fourth-order valence-electron chi connectivity index (χ4n) is 2.83. The van der Waals surface area contributed by atoms with Gasteiger partial charge in [0.15, 0.2) is 0 Å². The van der Waals surface area contributed by atoms with E-state index in [4.69, 9.17) is 0 Å². The van der Waals surface area contributed by atoms with E-state index in [1.54, 1.807) is 15.9 Å². The largest absolute Gasteiger partial charge is 0.378 e. The summed E-state index contributed by atoms with van der Waals surface area (Å²) >= 11 is 0. The summed E-state index contributed by atoms with van der Waals surface area (Å²) in [5, 5.41) is 0. The summed E-state index contributed by atoms with van der Waals surface area (Å²) in [5.74, 6) is -0.149. The van der Waals surface area contributed by atoms with Crippen molar-refractivity contribution in [1.29, 1.82) is 0 Å². The molecule has 5 nitrogen and oxygen atoms in total. The number of amides is 2. The van der Waals surface area contributed by atoms with Gasteiger partial charge >= 0.3 is 0 Å². The molecule has 2 aromatic rings. The summed E-state index contributed by atoms with van der Waals surface area (Å²) in [6, 6.07) is 17.0.